The Morgan fingerprint density at radius 1 is 1.39 bits per heavy atom. The molecule has 0 bridgehead atoms. The Morgan fingerprint density at radius 3 is 2.67 bits per heavy atom. The first-order chi connectivity index (χ1) is 8.70. The average Bonchev–Trinajstić information content (AvgIpc) is 2.83. The van der Waals surface area contributed by atoms with E-state index in [1.165, 1.54) is 11.3 Å². The van der Waals surface area contributed by atoms with Crippen LogP contribution in [0.15, 0.2) is 35.7 Å². The second kappa shape index (κ2) is 5.64. The number of amides is 1. The zero-order valence-corrected chi connectivity index (χ0v) is 11.0. The normalized spacial score (nSPS) is 10.3. The Bertz CT molecular complexity index is 524. The molecule has 0 spiro atoms. The quantitative estimate of drug-likeness (QED) is 0.919. The van der Waals surface area contributed by atoms with Gasteiger partial charge in [0.15, 0.2) is 5.13 Å². The lowest BCUT2D eigenvalue weighted by atomic mass is 10.2. The Hall–Kier alpha value is -1.88. The third-order valence-corrected chi connectivity index (χ3v) is 3.30. The lowest BCUT2D eigenvalue weighted by Gasteiger charge is -2.19. The summed E-state index contributed by atoms with van der Waals surface area (Å²) >= 11 is 1.29. The number of benzene rings is 1. The number of hydrogen-bond acceptors (Lipinski definition) is 4. The first-order valence-corrected chi connectivity index (χ1v) is 6.63. The predicted octanol–water partition coefficient (Wildman–Crippen LogP) is 2.39. The number of thiazole rings is 1. The molecule has 94 valence electrons. The van der Waals surface area contributed by atoms with Gasteiger partial charge in [-0.2, -0.15) is 0 Å². The molecule has 1 aromatic heterocycles. The zero-order valence-electron chi connectivity index (χ0n) is 10.2. The van der Waals surface area contributed by atoms with Gasteiger partial charge in [-0.15, -0.1) is 11.3 Å². The largest absolute Gasteiger partial charge is 0.375 e. The summed E-state index contributed by atoms with van der Waals surface area (Å²) in [6, 6.07) is 9.91. The van der Waals surface area contributed by atoms with Crippen LogP contribution in [0.4, 0.5) is 5.13 Å². The van der Waals surface area contributed by atoms with Crippen LogP contribution >= 0.6 is 11.3 Å². The van der Waals surface area contributed by atoms with Gasteiger partial charge in [0, 0.05) is 18.5 Å². The van der Waals surface area contributed by atoms with E-state index < -0.39 is 0 Å². The van der Waals surface area contributed by atoms with Crippen LogP contribution in [0.2, 0.25) is 0 Å². The Balaban J connectivity index is 2.12. The maximum Gasteiger partial charge on any atom is 0.273 e. The van der Waals surface area contributed by atoms with Crippen molar-refractivity contribution in [1.82, 2.24) is 9.88 Å². The van der Waals surface area contributed by atoms with E-state index in [4.69, 9.17) is 5.73 Å². The van der Waals surface area contributed by atoms with Crippen molar-refractivity contribution < 1.29 is 4.79 Å². The molecular weight excluding hydrogens is 246 g/mol. The number of carbonyl (C=O) groups excluding carboxylic acids is 1. The van der Waals surface area contributed by atoms with E-state index in [1.54, 1.807) is 10.3 Å². The smallest absolute Gasteiger partial charge is 0.273 e. The van der Waals surface area contributed by atoms with Gasteiger partial charge in [-0.3, -0.25) is 4.79 Å². The van der Waals surface area contributed by atoms with Crippen LogP contribution in [0.3, 0.4) is 0 Å². The van der Waals surface area contributed by atoms with E-state index in [2.05, 4.69) is 4.98 Å². The van der Waals surface area contributed by atoms with Crippen molar-refractivity contribution in [2.75, 3.05) is 12.3 Å². The molecule has 4 nitrogen and oxygen atoms in total. The zero-order chi connectivity index (χ0) is 13.0. The van der Waals surface area contributed by atoms with Crippen LogP contribution in [0.5, 0.6) is 0 Å². The Kier molecular flexibility index (Phi) is 3.94. The third kappa shape index (κ3) is 2.87. The van der Waals surface area contributed by atoms with E-state index in [0.717, 1.165) is 5.56 Å². The lowest BCUT2D eigenvalue weighted by Crippen LogP contribution is -2.30. The SMILES string of the molecule is CCN(Cc1ccccc1)C(=O)c1csc(N)n1. The molecule has 18 heavy (non-hydrogen) atoms. The summed E-state index contributed by atoms with van der Waals surface area (Å²) in [5.41, 5.74) is 7.08. The summed E-state index contributed by atoms with van der Waals surface area (Å²) < 4.78 is 0. The maximum atomic E-state index is 12.2. The van der Waals surface area contributed by atoms with Gasteiger partial charge in [0.25, 0.3) is 5.91 Å². The highest BCUT2D eigenvalue weighted by Gasteiger charge is 2.17. The van der Waals surface area contributed by atoms with E-state index in [1.807, 2.05) is 37.3 Å². The molecule has 2 aromatic rings. The van der Waals surface area contributed by atoms with Gasteiger partial charge in [-0.25, -0.2) is 4.98 Å². The highest BCUT2D eigenvalue weighted by atomic mass is 32.1. The molecule has 1 aromatic carbocycles. The number of nitrogens with zero attached hydrogens (tertiary/aromatic N) is 2. The first-order valence-electron chi connectivity index (χ1n) is 5.75. The van der Waals surface area contributed by atoms with Crippen LogP contribution in [0, 0.1) is 0 Å². The molecule has 0 saturated heterocycles. The highest BCUT2D eigenvalue weighted by molar-refractivity contribution is 7.13. The fourth-order valence-corrected chi connectivity index (χ4v) is 2.22. The molecule has 1 heterocycles. The second-order valence-electron chi connectivity index (χ2n) is 3.88. The van der Waals surface area contributed by atoms with Crippen LogP contribution in [-0.4, -0.2) is 22.3 Å². The van der Waals surface area contributed by atoms with Crippen molar-refractivity contribution >= 4 is 22.4 Å². The monoisotopic (exact) mass is 261 g/mol. The molecule has 0 saturated carbocycles. The van der Waals surface area contributed by atoms with Gasteiger partial charge in [-0.1, -0.05) is 30.3 Å². The Morgan fingerprint density at radius 2 is 2.11 bits per heavy atom. The van der Waals surface area contributed by atoms with E-state index in [0.29, 0.717) is 23.9 Å². The molecule has 0 fully saturated rings. The molecule has 0 atom stereocenters. The number of nitrogens with two attached hydrogens (primary N) is 1. The maximum absolute atomic E-state index is 12.2. The molecule has 0 aliphatic carbocycles. The van der Waals surface area contributed by atoms with Gasteiger partial charge in [0.2, 0.25) is 0 Å². The summed E-state index contributed by atoms with van der Waals surface area (Å²) in [7, 11) is 0. The van der Waals surface area contributed by atoms with Crippen molar-refractivity contribution in [2.45, 2.75) is 13.5 Å². The minimum Gasteiger partial charge on any atom is -0.375 e. The third-order valence-electron chi connectivity index (χ3n) is 2.63. The van der Waals surface area contributed by atoms with Crippen LogP contribution in [0.1, 0.15) is 23.0 Å². The summed E-state index contributed by atoms with van der Waals surface area (Å²) in [5, 5.41) is 2.12. The van der Waals surface area contributed by atoms with Crippen LogP contribution < -0.4 is 5.73 Å². The predicted molar refractivity (Wildman–Crippen MR) is 73.4 cm³/mol. The van der Waals surface area contributed by atoms with Crippen molar-refractivity contribution in [1.29, 1.82) is 0 Å². The van der Waals surface area contributed by atoms with Crippen LogP contribution in [0.25, 0.3) is 0 Å². The number of anilines is 1. The number of aromatic nitrogens is 1. The van der Waals surface area contributed by atoms with Gasteiger partial charge in [-0.05, 0) is 12.5 Å². The molecule has 0 unspecified atom stereocenters. The number of rotatable bonds is 4. The summed E-state index contributed by atoms with van der Waals surface area (Å²) in [5.74, 6) is -0.0747. The summed E-state index contributed by atoms with van der Waals surface area (Å²) in [4.78, 5) is 18.0. The molecule has 2 N–H and O–H groups in total. The van der Waals surface area contributed by atoms with Gasteiger partial charge >= 0.3 is 0 Å². The fraction of sp³-hybridized carbons (Fsp3) is 0.231. The fourth-order valence-electron chi connectivity index (χ4n) is 1.68. The summed E-state index contributed by atoms with van der Waals surface area (Å²) in [6.07, 6.45) is 0. The van der Waals surface area contributed by atoms with Crippen molar-refractivity contribution in [3.63, 3.8) is 0 Å². The minimum absolute atomic E-state index is 0.0747. The molecule has 1 amide bonds. The molecule has 0 radical (unpaired) electrons. The second-order valence-corrected chi connectivity index (χ2v) is 4.77. The molecule has 2 rings (SSSR count). The molecular formula is C13H15N3OS. The van der Waals surface area contributed by atoms with Gasteiger partial charge in [0.05, 0.1) is 0 Å². The van der Waals surface area contributed by atoms with Gasteiger partial charge < -0.3 is 10.6 Å². The van der Waals surface area contributed by atoms with E-state index in [-0.39, 0.29) is 5.91 Å². The Labute approximate surface area is 110 Å². The molecule has 5 heteroatoms. The van der Waals surface area contributed by atoms with Crippen molar-refractivity contribution in [3.8, 4) is 0 Å². The summed E-state index contributed by atoms with van der Waals surface area (Å²) in [6.45, 7) is 3.19. The first kappa shape index (κ1) is 12.6. The van der Waals surface area contributed by atoms with Crippen molar-refractivity contribution in [3.05, 3.63) is 47.0 Å². The van der Waals surface area contributed by atoms with Crippen molar-refractivity contribution in [2.24, 2.45) is 0 Å². The lowest BCUT2D eigenvalue weighted by molar-refractivity contribution is 0.0747. The highest BCUT2D eigenvalue weighted by Crippen LogP contribution is 2.14. The van der Waals surface area contributed by atoms with E-state index in [9.17, 15) is 4.79 Å². The average molecular weight is 261 g/mol. The van der Waals surface area contributed by atoms with Gasteiger partial charge in [0.1, 0.15) is 5.69 Å². The van der Waals surface area contributed by atoms with Crippen LogP contribution in [-0.2, 0) is 6.54 Å². The number of nitrogen functional groups attached to an aromatic ring is 1. The number of carbonyl (C=O) groups is 1. The molecule has 0 aliphatic rings. The minimum atomic E-state index is -0.0747. The molecule has 0 aliphatic heterocycles. The standard InChI is InChI=1S/C13H15N3OS/c1-2-16(8-10-6-4-3-5-7-10)12(17)11-9-18-13(14)15-11/h3-7,9H,2,8H2,1H3,(H2,14,15). The van der Waals surface area contributed by atoms with E-state index >= 15 is 0 Å². The number of hydrogen-bond donors (Lipinski definition) is 1. The topological polar surface area (TPSA) is 59.2 Å².